The first-order valence-electron chi connectivity index (χ1n) is 3.02. The number of nitrogens with zero attached hydrogens (tertiary/aromatic N) is 3. The molecule has 0 aliphatic carbocycles. The molecule has 0 N–H and O–H groups in total. The van der Waals surface area contributed by atoms with E-state index >= 15 is 0 Å². The molecule has 0 atom stereocenters. The first-order chi connectivity index (χ1) is 4.88. The van der Waals surface area contributed by atoms with Gasteiger partial charge in [0, 0.05) is 0 Å². The minimum absolute atomic E-state index is 0.942. The summed E-state index contributed by atoms with van der Waals surface area (Å²) in [6.07, 6.45) is 6.78. The van der Waals surface area contributed by atoms with Gasteiger partial charge in [-0.15, -0.1) is 0 Å². The molecule has 0 aliphatic heterocycles. The summed E-state index contributed by atoms with van der Waals surface area (Å²) in [6, 6.07) is 0. The van der Waals surface area contributed by atoms with Gasteiger partial charge in [-0.2, -0.15) is 5.10 Å². The van der Waals surface area contributed by atoms with Gasteiger partial charge in [0.15, 0.2) is 0 Å². The van der Waals surface area contributed by atoms with Gasteiger partial charge in [0.1, 0.15) is 12.7 Å². The van der Waals surface area contributed by atoms with Crippen molar-refractivity contribution in [3.05, 3.63) is 31.4 Å². The van der Waals surface area contributed by atoms with Crippen molar-refractivity contribution in [2.45, 2.75) is 6.92 Å². The van der Waals surface area contributed by atoms with Crippen LogP contribution >= 0.6 is 0 Å². The van der Waals surface area contributed by atoms with E-state index < -0.39 is 0 Å². The summed E-state index contributed by atoms with van der Waals surface area (Å²) in [5.74, 6) is 0. The van der Waals surface area contributed by atoms with Gasteiger partial charge in [0.25, 0.3) is 0 Å². The molecule has 0 saturated heterocycles. The van der Waals surface area contributed by atoms with E-state index in [-0.39, 0.29) is 0 Å². The van der Waals surface area contributed by atoms with Crippen LogP contribution in [0.25, 0.3) is 5.70 Å². The Balaban J connectivity index is 2.95. The standard InChI is InChI=1S/C7H9N3/c1-3-7(4-2)10-6-8-5-9-10/h3-6H,1H2,2H3. The number of aromatic nitrogens is 3. The Morgan fingerprint density at radius 3 is 2.90 bits per heavy atom. The lowest BCUT2D eigenvalue weighted by molar-refractivity contribution is 0.907. The minimum Gasteiger partial charge on any atom is -0.223 e. The van der Waals surface area contributed by atoms with E-state index in [1.807, 2.05) is 13.0 Å². The molecule has 1 heterocycles. The summed E-state index contributed by atoms with van der Waals surface area (Å²) in [7, 11) is 0. The highest BCUT2D eigenvalue weighted by atomic mass is 15.3. The first kappa shape index (κ1) is 6.74. The Morgan fingerprint density at radius 2 is 2.50 bits per heavy atom. The Hall–Kier alpha value is -1.38. The molecule has 0 spiro atoms. The van der Waals surface area contributed by atoms with Crippen LogP contribution in [0, 0.1) is 0 Å². The largest absolute Gasteiger partial charge is 0.223 e. The van der Waals surface area contributed by atoms with Crippen LogP contribution in [0.5, 0.6) is 0 Å². The maximum Gasteiger partial charge on any atom is 0.138 e. The third kappa shape index (κ3) is 1.13. The molecule has 0 aliphatic rings. The molecule has 0 bridgehead atoms. The average Bonchev–Trinajstić information content (AvgIpc) is 2.43. The average molecular weight is 135 g/mol. The molecule has 52 valence electrons. The van der Waals surface area contributed by atoms with Crippen LogP contribution in [0.1, 0.15) is 6.92 Å². The topological polar surface area (TPSA) is 30.7 Å². The van der Waals surface area contributed by atoms with Gasteiger partial charge >= 0.3 is 0 Å². The summed E-state index contributed by atoms with van der Waals surface area (Å²) in [6.45, 7) is 5.56. The number of rotatable bonds is 2. The Labute approximate surface area is 59.7 Å². The predicted octanol–water partition coefficient (Wildman–Crippen LogP) is 1.32. The highest BCUT2D eigenvalue weighted by Gasteiger charge is 1.91. The van der Waals surface area contributed by atoms with Crippen LogP contribution in [0.15, 0.2) is 31.4 Å². The fourth-order valence-corrected chi connectivity index (χ4v) is 0.685. The van der Waals surface area contributed by atoms with Crippen LogP contribution in [0.4, 0.5) is 0 Å². The fourth-order valence-electron chi connectivity index (χ4n) is 0.685. The molecule has 1 aromatic heterocycles. The van der Waals surface area contributed by atoms with E-state index in [4.69, 9.17) is 0 Å². The predicted molar refractivity (Wildman–Crippen MR) is 40.2 cm³/mol. The van der Waals surface area contributed by atoms with Crippen LogP contribution < -0.4 is 0 Å². The van der Waals surface area contributed by atoms with Crippen molar-refractivity contribution in [1.82, 2.24) is 14.8 Å². The Morgan fingerprint density at radius 1 is 1.70 bits per heavy atom. The number of allylic oxidation sites excluding steroid dienone is 3. The van der Waals surface area contributed by atoms with Crippen molar-refractivity contribution in [2.24, 2.45) is 0 Å². The lowest BCUT2D eigenvalue weighted by atomic mass is 10.4. The lowest BCUT2D eigenvalue weighted by Gasteiger charge is -1.96. The van der Waals surface area contributed by atoms with Crippen molar-refractivity contribution in [1.29, 1.82) is 0 Å². The highest BCUT2D eigenvalue weighted by molar-refractivity contribution is 5.53. The van der Waals surface area contributed by atoms with Gasteiger partial charge in [-0.3, -0.25) is 0 Å². The molecule has 3 nitrogen and oxygen atoms in total. The van der Waals surface area contributed by atoms with Crippen LogP contribution in [-0.2, 0) is 0 Å². The second kappa shape index (κ2) is 2.96. The van der Waals surface area contributed by atoms with Gasteiger partial charge in [-0.25, -0.2) is 9.67 Å². The van der Waals surface area contributed by atoms with Crippen LogP contribution in [-0.4, -0.2) is 14.8 Å². The van der Waals surface area contributed by atoms with E-state index in [1.54, 1.807) is 17.1 Å². The third-order valence-corrected chi connectivity index (χ3v) is 1.19. The van der Waals surface area contributed by atoms with Gasteiger partial charge in [0.05, 0.1) is 5.70 Å². The quantitative estimate of drug-likeness (QED) is 0.572. The maximum atomic E-state index is 3.92. The third-order valence-electron chi connectivity index (χ3n) is 1.19. The van der Waals surface area contributed by atoms with Crippen molar-refractivity contribution in [3.8, 4) is 0 Å². The number of hydrogen-bond donors (Lipinski definition) is 0. The molecule has 1 aromatic rings. The zero-order valence-electron chi connectivity index (χ0n) is 5.86. The van der Waals surface area contributed by atoms with Crippen LogP contribution in [0.3, 0.4) is 0 Å². The molecular formula is C7H9N3. The molecule has 0 saturated carbocycles. The van der Waals surface area contributed by atoms with E-state index in [2.05, 4.69) is 16.7 Å². The minimum atomic E-state index is 0.942. The normalized spacial score (nSPS) is 11.5. The zero-order chi connectivity index (χ0) is 7.40. The molecule has 0 aromatic carbocycles. The lowest BCUT2D eigenvalue weighted by Crippen LogP contribution is -1.93. The highest BCUT2D eigenvalue weighted by Crippen LogP contribution is 1.99. The molecular weight excluding hydrogens is 126 g/mol. The molecule has 0 amide bonds. The molecule has 0 fully saturated rings. The van der Waals surface area contributed by atoms with E-state index in [0.717, 1.165) is 5.70 Å². The van der Waals surface area contributed by atoms with Gasteiger partial charge in [-0.05, 0) is 13.0 Å². The second-order valence-corrected chi connectivity index (χ2v) is 1.76. The zero-order valence-corrected chi connectivity index (χ0v) is 5.86. The molecule has 10 heavy (non-hydrogen) atoms. The second-order valence-electron chi connectivity index (χ2n) is 1.76. The van der Waals surface area contributed by atoms with Gasteiger partial charge in [0.2, 0.25) is 0 Å². The fraction of sp³-hybridized carbons (Fsp3) is 0.143. The van der Waals surface area contributed by atoms with Crippen molar-refractivity contribution in [2.75, 3.05) is 0 Å². The summed E-state index contributed by atoms with van der Waals surface area (Å²) in [5.41, 5.74) is 0.942. The van der Waals surface area contributed by atoms with Crippen molar-refractivity contribution < 1.29 is 0 Å². The van der Waals surface area contributed by atoms with E-state index in [0.29, 0.717) is 0 Å². The SMILES string of the molecule is C=CC(=CC)n1cncn1. The smallest absolute Gasteiger partial charge is 0.138 e. The summed E-state index contributed by atoms with van der Waals surface area (Å²) in [4.78, 5) is 3.80. The van der Waals surface area contributed by atoms with Gasteiger partial charge in [-0.1, -0.05) is 12.7 Å². The first-order valence-corrected chi connectivity index (χ1v) is 3.02. The van der Waals surface area contributed by atoms with Crippen molar-refractivity contribution >= 4 is 5.70 Å². The number of hydrogen-bond acceptors (Lipinski definition) is 2. The molecule has 0 unspecified atom stereocenters. The summed E-state index contributed by atoms with van der Waals surface area (Å²) < 4.78 is 1.66. The van der Waals surface area contributed by atoms with Crippen LogP contribution in [0.2, 0.25) is 0 Å². The molecule has 1 rings (SSSR count). The Bertz CT molecular complexity index is 233. The van der Waals surface area contributed by atoms with Gasteiger partial charge < -0.3 is 0 Å². The monoisotopic (exact) mass is 135 g/mol. The maximum absolute atomic E-state index is 3.92. The summed E-state index contributed by atoms with van der Waals surface area (Å²) >= 11 is 0. The summed E-state index contributed by atoms with van der Waals surface area (Å²) in [5, 5.41) is 3.92. The van der Waals surface area contributed by atoms with E-state index in [1.165, 1.54) is 6.33 Å². The molecule has 3 heteroatoms. The molecule has 0 radical (unpaired) electrons. The Kier molecular flexibility index (Phi) is 1.99. The van der Waals surface area contributed by atoms with Crippen molar-refractivity contribution in [3.63, 3.8) is 0 Å². The van der Waals surface area contributed by atoms with E-state index in [9.17, 15) is 0 Å².